The Bertz CT molecular complexity index is 640. The summed E-state index contributed by atoms with van der Waals surface area (Å²) in [5, 5.41) is 1.78. The zero-order valence-electron chi connectivity index (χ0n) is 12.7. The van der Waals surface area contributed by atoms with Crippen molar-refractivity contribution in [2.24, 2.45) is 0 Å². The quantitative estimate of drug-likeness (QED) is 0.916. The zero-order chi connectivity index (χ0) is 15.4. The number of benzene rings is 1. The molecule has 5 nitrogen and oxygen atoms in total. The molecule has 2 aromatic rings. The maximum atomic E-state index is 12.4. The van der Waals surface area contributed by atoms with Crippen LogP contribution < -0.4 is 5.73 Å². The molecule has 0 bridgehead atoms. The summed E-state index contributed by atoms with van der Waals surface area (Å²) in [6.07, 6.45) is 0.156. The first-order chi connectivity index (χ1) is 9.99. The fourth-order valence-corrected chi connectivity index (χ4v) is 2.06. The van der Waals surface area contributed by atoms with Crippen molar-refractivity contribution >= 4 is 22.5 Å². The highest BCUT2D eigenvalue weighted by Crippen LogP contribution is 2.20. The molecule has 0 atom stereocenters. The molecule has 5 heteroatoms. The number of aromatic nitrogens is 1. The Morgan fingerprint density at radius 3 is 2.81 bits per heavy atom. The normalized spacial score (nSPS) is 11.0. The second-order valence-corrected chi connectivity index (χ2v) is 5.26. The molecule has 112 valence electrons. The number of amides is 1. The highest BCUT2D eigenvalue weighted by Gasteiger charge is 2.15. The van der Waals surface area contributed by atoms with Crippen LogP contribution in [0.1, 0.15) is 24.3 Å². The lowest BCUT2D eigenvalue weighted by Gasteiger charge is -2.18. The van der Waals surface area contributed by atoms with Gasteiger partial charge in [-0.2, -0.15) is 0 Å². The molecule has 0 radical (unpaired) electrons. The minimum Gasteiger partial charge on any atom is -0.383 e. The average Bonchev–Trinajstić information content (AvgIpc) is 2.46. The van der Waals surface area contributed by atoms with E-state index < -0.39 is 0 Å². The molecule has 1 aromatic carbocycles. The smallest absolute Gasteiger partial charge is 0.272 e. The number of fused-ring (bicyclic) bond motifs is 1. The number of anilines is 1. The van der Waals surface area contributed by atoms with E-state index in [2.05, 4.69) is 4.98 Å². The maximum absolute atomic E-state index is 12.4. The molecule has 0 saturated heterocycles. The van der Waals surface area contributed by atoms with Crippen molar-refractivity contribution < 1.29 is 9.53 Å². The van der Waals surface area contributed by atoms with E-state index in [0.717, 1.165) is 10.8 Å². The van der Waals surface area contributed by atoms with Crippen LogP contribution in [0.15, 0.2) is 30.3 Å². The second kappa shape index (κ2) is 6.54. The molecule has 0 aliphatic rings. The molecule has 1 amide bonds. The molecule has 0 aliphatic carbocycles. The van der Waals surface area contributed by atoms with E-state index in [1.807, 2.05) is 38.1 Å². The van der Waals surface area contributed by atoms with Crippen LogP contribution in [0.4, 0.5) is 5.82 Å². The Morgan fingerprint density at radius 1 is 1.38 bits per heavy atom. The van der Waals surface area contributed by atoms with Gasteiger partial charge < -0.3 is 15.4 Å². The van der Waals surface area contributed by atoms with Gasteiger partial charge in [0.25, 0.3) is 5.91 Å². The van der Waals surface area contributed by atoms with Crippen molar-refractivity contribution in [3.05, 3.63) is 36.0 Å². The molecule has 21 heavy (non-hydrogen) atoms. The largest absolute Gasteiger partial charge is 0.383 e. The van der Waals surface area contributed by atoms with Crippen molar-refractivity contribution in [1.82, 2.24) is 9.88 Å². The fraction of sp³-hybridized carbons (Fsp3) is 0.375. The van der Waals surface area contributed by atoms with E-state index in [1.165, 1.54) is 0 Å². The van der Waals surface area contributed by atoms with Gasteiger partial charge in [-0.3, -0.25) is 4.79 Å². The van der Waals surface area contributed by atoms with Gasteiger partial charge in [-0.25, -0.2) is 4.98 Å². The molecule has 2 rings (SSSR count). The molecule has 0 saturated carbocycles. The highest BCUT2D eigenvalue weighted by atomic mass is 16.5. The van der Waals surface area contributed by atoms with E-state index in [1.54, 1.807) is 18.0 Å². The summed E-state index contributed by atoms with van der Waals surface area (Å²) >= 11 is 0. The van der Waals surface area contributed by atoms with E-state index in [4.69, 9.17) is 10.5 Å². The van der Waals surface area contributed by atoms with Crippen LogP contribution >= 0.6 is 0 Å². The number of hydrogen-bond donors (Lipinski definition) is 1. The van der Waals surface area contributed by atoms with Crippen LogP contribution in [-0.4, -0.2) is 42.1 Å². The van der Waals surface area contributed by atoms with E-state index >= 15 is 0 Å². The monoisotopic (exact) mass is 287 g/mol. The Balaban J connectivity index is 2.15. The van der Waals surface area contributed by atoms with Crippen molar-refractivity contribution in [1.29, 1.82) is 0 Å². The standard InChI is InChI=1S/C16H21N3O2/c1-11(2)21-9-8-19(3)16(20)14-10-12-6-4-5-7-13(12)15(17)18-14/h4-7,10-11H,8-9H2,1-3H3,(H2,17,18). The van der Waals surface area contributed by atoms with Crippen LogP contribution in [0.2, 0.25) is 0 Å². The summed E-state index contributed by atoms with van der Waals surface area (Å²) in [5.74, 6) is 0.225. The molecule has 0 unspecified atom stereocenters. The molecular formula is C16H21N3O2. The van der Waals surface area contributed by atoms with Gasteiger partial charge >= 0.3 is 0 Å². The number of hydrogen-bond acceptors (Lipinski definition) is 4. The summed E-state index contributed by atoms with van der Waals surface area (Å²) < 4.78 is 5.45. The number of carbonyl (C=O) groups is 1. The van der Waals surface area contributed by atoms with Gasteiger partial charge in [0, 0.05) is 19.0 Å². The first-order valence-electron chi connectivity index (χ1n) is 7.01. The molecular weight excluding hydrogens is 266 g/mol. The third-order valence-electron chi connectivity index (χ3n) is 3.21. The minimum atomic E-state index is -0.153. The third kappa shape index (κ3) is 3.70. The molecule has 2 N–H and O–H groups in total. The average molecular weight is 287 g/mol. The van der Waals surface area contributed by atoms with Crippen molar-refractivity contribution in [3.63, 3.8) is 0 Å². The third-order valence-corrected chi connectivity index (χ3v) is 3.21. The SMILES string of the molecule is CC(C)OCCN(C)C(=O)c1cc2ccccc2c(N)n1. The summed E-state index contributed by atoms with van der Waals surface area (Å²) in [5.41, 5.74) is 6.29. The van der Waals surface area contributed by atoms with Gasteiger partial charge in [-0.05, 0) is 25.3 Å². The van der Waals surface area contributed by atoms with Crippen LogP contribution in [0.25, 0.3) is 10.8 Å². The molecule has 1 aromatic heterocycles. The first-order valence-corrected chi connectivity index (χ1v) is 7.01. The topological polar surface area (TPSA) is 68.5 Å². The molecule has 1 heterocycles. The predicted octanol–water partition coefficient (Wildman–Crippen LogP) is 2.31. The van der Waals surface area contributed by atoms with Gasteiger partial charge in [0.05, 0.1) is 12.7 Å². The highest BCUT2D eigenvalue weighted by molar-refractivity contribution is 5.99. The predicted molar refractivity (Wildman–Crippen MR) is 84.2 cm³/mol. The van der Waals surface area contributed by atoms with Crippen LogP contribution in [0, 0.1) is 0 Å². The number of rotatable bonds is 5. The van der Waals surface area contributed by atoms with Gasteiger partial charge in [0.1, 0.15) is 11.5 Å². The zero-order valence-corrected chi connectivity index (χ0v) is 12.7. The Hall–Kier alpha value is -2.14. The Labute approximate surface area is 124 Å². The van der Waals surface area contributed by atoms with E-state index in [-0.39, 0.29) is 12.0 Å². The van der Waals surface area contributed by atoms with E-state index in [0.29, 0.717) is 24.7 Å². The number of ether oxygens (including phenoxy) is 1. The number of nitrogens with two attached hydrogens (primary N) is 1. The molecule has 0 aliphatic heterocycles. The lowest BCUT2D eigenvalue weighted by Crippen LogP contribution is -2.31. The van der Waals surface area contributed by atoms with Crippen molar-refractivity contribution in [2.75, 3.05) is 25.9 Å². The number of pyridine rings is 1. The Kier molecular flexibility index (Phi) is 4.75. The van der Waals surface area contributed by atoms with Gasteiger partial charge in [-0.15, -0.1) is 0 Å². The number of carbonyl (C=O) groups excluding carboxylic acids is 1. The van der Waals surface area contributed by atoms with Crippen molar-refractivity contribution in [2.45, 2.75) is 20.0 Å². The van der Waals surface area contributed by atoms with Crippen LogP contribution in [-0.2, 0) is 4.74 Å². The van der Waals surface area contributed by atoms with Crippen LogP contribution in [0.3, 0.4) is 0 Å². The maximum Gasteiger partial charge on any atom is 0.272 e. The van der Waals surface area contributed by atoms with E-state index in [9.17, 15) is 4.79 Å². The molecule has 0 spiro atoms. The lowest BCUT2D eigenvalue weighted by molar-refractivity contribution is 0.0529. The van der Waals surface area contributed by atoms with Gasteiger partial charge in [-0.1, -0.05) is 24.3 Å². The summed E-state index contributed by atoms with van der Waals surface area (Å²) in [6.45, 7) is 4.95. The number of likely N-dealkylation sites (N-methyl/N-ethyl adjacent to an activating group) is 1. The second-order valence-electron chi connectivity index (χ2n) is 5.26. The minimum absolute atomic E-state index is 0.153. The summed E-state index contributed by atoms with van der Waals surface area (Å²) in [7, 11) is 1.74. The lowest BCUT2D eigenvalue weighted by atomic mass is 10.1. The van der Waals surface area contributed by atoms with Crippen molar-refractivity contribution in [3.8, 4) is 0 Å². The first kappa shape index (κ1) is 15.3. The summed E-state index contributed by atoms with van der Waals surface area (Å²) in [4.78, 5) is 18.2. The fourth-order valence-electron chi connectivity index (χ4n) is 2.06. The summed E-state index contributed by atoms with van der Waals surface area (Å²) in [6, 6.07) is 9.40. The number of nitrogen functional groups attached to an aromatic ring is 1. The Morgan fingerprint density at radius 2 is 2.10 bits per heavy atom. The van der Waals surface area contributed by atoms with Crippen LogP contribution in [0.5, 0.6) is 0 Å². The van der Waals surface area contributed by atoms with Gasteiger partial charge in [0.15, 0.2) is 0 Å². The molecule has 0 fully saturated rings. The number of nitrogens with zero attached hydrogens (tertiary/aromatic N) is 2. The van der Waals surface area contributed by atoms with Gasteiger partial charge in [0.2, 0.25) is 0 Å².